The van der Waals surface area contributed by atoms with Crippen LogP contribution in [0.3, 0.4) is 0 Å². The Morgan fingerprint density at radius 2 is 1.91 bits per heavy atom. The van der Waals surface area contributed by atoms with Crippen LogP contribution < -0.4 is 15.8 Å². The van der Waals surface area contributed by atoms with Crippen molar-refractivity contribution in [2.75, 3.05) is 45.6 Å². The van der Waals surface area contributed by atoms with Gasteiger partial charge in [-0.3, -0.25) is 9.69 Å². The smallest absolute Gasteiger partial charge is 0.342 e. The van der Waals surface area contributed by atoms with E-state index in [1.165, 1.54) is 24.8 Å². The predicted molar refractivity (Wildman–Crippen MR) is 130 cm³/mol. The minimum absolute atomic E-state index is 0.103. The van der Waals surface area contributed by atoms with Gasteiger partial charge in [0.1, 0.15) is 17.9 Å². The average Bonchev–Trinajstić information content (AvgIpc) is 2.84. The monoisotopic (exact) mass is 473 g/mol. The fraction of sp³-hybridized carbons (Fsp3) is 0.440. The summed E-state index contributed by atoms with van der Waals surface area (Å²) in [5, 5.41) is 3.36. The van der Waals surface area contributed by atoms with Gasteiger partial charge in [-0.15, -0.1) is 0 Å². The summed E-state index contributed by atoms with van der Waals surface area (Å²) < 4.78 is 10.6. The molecule has 0 aliphatic carbocycles. The molecule has 0 radical (unpaired) electrons. The summed E-state index contributed by atoms with van der Waals surface area (Å²) in [5.41, 5.74) is 7.55. The Morgan fingerprint density at radius 1 is 1.18 bits per heavy atom. The molecule has 3 N–H and O–H groups in total. The molecule has 2 aromatic carbocycles. The first-order valence-electron chi connectivity index (χ1n) is 11.3. The molecular formula is C25H32ClN3O4. The summed E-state index contributed by atoms with van der Waals surface area (Å²) in [7, 11) is 1.47. The third kappa shape index (κ3) is 7.65. The van der Waals surface area contributed by atoms with Gasteiger partial charge in [0.2, 0.25) is 5.91 Å². The highest BCUT2D eigenvalue weighted by atomic mass is 35.5. The van der Waals surface area contributed by atoms with Crippen LogP contribution >= 0.6 is 11.6 Å². The molecule has 0 aromatic heterocycles. The maximum atomic E-state index is 12.4. The molecule has 0 spiro atoms. The van der Waals surface area contributed by atoms with Crippen molar-refractivity contribution >= 4 is 29.2 Å². The number of carbonyl (C=O) groups is 2. The number of nitrogen functional groups attached to an aromatic ring is 1. The summed E-state index contributed by atoms with van der Waals surface area (Å²) in [6.45, 7) is 3.49. The summed E-state index contributed by atoms with van der Waals surface area (Å²) >= 11 is 6.02. The Labute approximate surface area is 200 Å². The van der Waals surface area contributed by atoms with Crippen molar-refractivity contribution in [1.82, 2.24) is 10.2 Å². The highest BCUT2D eigenvalue weighted by Gasteiger charge is 2.21. The molecule has 0 saturated carbocycles. The predicted octanol–water partition coefficient (Wildman–Crippen LogP) is 3.55. The standard InChI is InChI=1S/C25H32ClN3O4/c1-32-23-16-22(27)21(26)15-20(23)25(31)33-14-13-29-11-9-19(10-12-29)17-28-24(30)8-7-18-5-3-2-4-6-18/h2-6,15-16,19H,7-14,17,27H2,1H3,(H,28,30). The first kappa shape index (κ1) is 24.9. The zero-order valence-electron chi connectivity index (χ0n) is 19.0. The fourth-order valence-electron chi connectivity index (χ4n) is 3.91. The Hall–Kier alpha value is -2.77. The second kappa shape index (κ2) is 12.5. The Morgan fingerprint density at radius 3 is 2.61 bits per heavy atom. The van der Waals surface area contributed by atoms with E-state index in [1.807, 2.05) is 30.3 Å². The highest BCUT2D eigenvalue weighted by Crippen LogP contribution is 2.29. The second-order valence-electron chi connectivity index (χ2n) is 8.28. The number of esters is 1. The summed E-state index contributed by atoms with van der Waals surface area (Å²) in [6, 6.07) is 13.0. The number of nitrogens with two attached hydrogens (primary N) is 1. The van der Waals surface area contributed by atoms with Crippen molar-refractivity contribution in [2.45, 2.75) is 25.7 Å². The molecule has 2 aromatic rings. The maximum Gasteiger partial charge on any atom is 0.342 e. The van der Waals surface area contributed by atoms with E-state index >= 15 is 0 Å². The number of halogens is 1. The lowest BCUT2D eigenvalue weighted by molar-refractivity contribution is -0.121. The number of carbonyl (C=O) groups excluding carboxylic acids is 2. The van der Waals surface area contributed by atoms with Crippen LogP contribution in [0.25, 0.3) is 0 Å². The van der Waals surface area contributed by atoms with Gasteiger partial charge < -0.3 is 20.5 Å². The number of hydrogen-bond donors (Lipinski definition) is 2. The van der Waals surface area contributed by atoms with Crippen LogP contribution in [-0.4, -0.2) is 56.7 Å². The van der Waals surface area contributed by atoms with Crippen molar-refractivity contribution in [3.8, 4) is 5.75 Å². The van der Waals surface area contributed by atoms with Gasteiger partial charge in [0.25, 0.3) is 0 Å². The number of rotatable bonds is 10. The van der Waals surface area contributed by atoms with Gasteiger partial charge in [0.15, 0.2) is 0 Å². The second-order valence-corrected chi connectivity index (χ2v) is 8.69. The van der Waals surface area contributed by atoms with Gasteiger partial charge in [-0.1, -0.05) is 41.9 Å². The van der Waals surface area contributed by atoms with E-state index in [1.54, 1.807) is 0 Å². The van der Waals surface area contributed by atoms with Gasteiger partial charge in [0.05, 0.1) is 17.8 Å². The molecule has 1 amide bonds. The molecule has 0 atom stereocenters. The lowest BCUT2D eigenvalue weighted by atomic mass is 9.96. The summed E-state index contributed by atoms with van der Waals surface area (Å²) in [5.74, 6) is 0.437. The number of aryl methyl sites for hydroxylation is 1. The minimum atomic E-state index is -0.484. The third-order valence-electron chi connectivity index (χ3n) is 5.96. The van der Waals surface area contributed by atoms with Crippen LogP contribution in [0.4, 0.5) is 5.69 Å². The molecular weight excluding hydrogens is 442 g/mol. The summed E-state index contributed by atoms with van der Waals surface area (Å²) in [6.07, 6.45) is 3.29. The Kier molecular flexibility index (Phi) is 9.39. The molecule has 7 nitrogen and oxygen atoms in total. The van der Waals surface area contributed by atoms with Crippen LogP contribution in [0.1, 0.15) is 35.2 Å². The first-order valence-corrected chi connectivity index (χ1v) is 11.7. The van der Waals surface area contributed by atoms with E-state index in [0.717, 1.165) is 32.4 Å². The van der Waals surface area contributed by atoms with E-state index in [4.69, 9.17) is 26.8 Å². The van der Waals surface area contributed by atoms with Crippen molar-refractivity contribution < 1.29 is 19.1 Å². The largest absolute Gasteiger partial charge is 0.496 e. The quantitative estimate of drug-likeness (QED) is 0.405. The van der Waals surface area contributed by atoms with Gasteiger partial charge in [-0.25, -0.2) is 4.79 Å². The SMILES string of the molecule is COc1cc(N)c(Cl)cc1C(=O)OCCN1CCC(CNC(=O)CCc2ccccc2)CC1. The van der Waals surface area contributed by atoms with Gasteiger partial charge in [-0.2, -0.15) is 0 Å². The number of piperidine rings is 1. The van der Waals surface area contributed by atoms with E-state index in [9.17, 15) is 9.59 Å². The van der Waals surface area contributed by atoms with E-state index in [0.29, 0.717) is 36.9 Å². The van der Waals surface area contributed by atoms with Crippen LogP contribution in [0, 0.1) is 5.92 Å². The topological polar surface area (TPSA) is 93.9 Å². The molecule has 0 unspecified atom stereocenters. The normalized spacial score (nSPS) is 14.6. The highest BCUT2D eigenvalue weighted by molar-refractivity contribution is 6.33. The third-order valence-corrected chi connectivity index (χ3v) is 6.29. The average molecular weight is 474 g/mol. The number of likely N-dealkylation sites (tertiary alicyclic amines) is 1. The number of nitrogens with zero attached hydrogens (tertiary/aromatic N) is 1. The maximum absolute atomic E-state index is 12.4. The van der Waals surface area contributed by atoms with E-state index in [2.05, 4.69) is 10.2 Å². The van der Waals surface area contributed by atoms with E-state index < -0.39 is 5.97 Å². The first-order chi connectivity index (χ1) is 16.0. The number of methoxy groups -OCH3 is 1. The Bertz CT molecular complexity index is 931. The molecule has 1 aliphatic heterocycles. The number of benzene rings is 2. The molecule has 0 bridgehead atoms. The van der Waals surface area contributed by atoms with Crippen LogP contribution in [-0.2, 0) is 16.0 Å². The number of ether oxygens (including phenoxy) is 2. The Balaban J connectivity index is 1.32. The number of hydrogen-bond acceptors (Lipinski definition) is 6. The number of amides is 1. The number of anilines is 1. The van der Waals surface area contributed by atoms with Crippen LogP contribution in [0.15, 0.2) is 42.5 Å². The lowest BCUT2D eigenvalue weighted by Crippen LogP contribution is -2.40. The zero-order chi connectivity index (χ0) is 23.6. The minimum Gasteiger partial charge on any atom is -0.496 e. The lowest BCUT2D eigenvalue weighted by Gasteiger charge is -2.31. The van der Waals surface area contributed by atoms with Crippen molar-refractivity contribution in [2.24, 2.45) is 5.92 Å². The molecule has 33 heavy (non-hydrogen) atoms. The van der Waals surface area contributed by atoms with Crippen molar-refractivity contribution in [3.05, 3.63) is 58.6 Å². The fourth-order valence-corrected chi connectivity index (χ4v) is 4.07. The molecule has 8 heteroatoms. The van der Waals surface area contributed by atoms with Crippen LogP contribution in [0.2, 0.25) is 5.02 Å². The van der Waals surface area contributed by atoms with E-state index in [-0.39, 0.29) is 23.1 Å². The van der Waals surface area contributed by atoms with Crippen molar-refractivity contribution in [3.63, 3.8) is 0 Å². The molecule has 3 rings (SSSR count). The van der Waals surface area contributed by atoms with Crippen LogP contribution in [0.5, 0.6) is 5.75 Å². The molecule has 178 valence electrons. The summed E-state index contributed by atoms with van der Waals surface area (Å²) in [4.78, 5) is 26.8. The van der Waals surface area contributed by atoms with Gasteiger partial charge >= 0.3 is 5.97 Å². The van der Waals surface area contributed by atoms with Gasteiger partial charge in [-0.05, 0) is 49.9 Å². The molecule has 1 fully saturated rings. The molecule has 1 aliphatic rings. The van der Waals surface area contributed by atoms with Gasteiger partial charge in [0, 0.05) is 25.6 Å². The number of nitrogens with one attached hydrogen (secondary N) is 1. The molecule has 1 heterocycles. The molecule has 1 saturated heterocycles. The zero-order valence-corrected chi connectivity index (χ0v) is 19.8. The van der Waals surface area contributed by atoms with Crippen molar-refractivity contribution in [1.29, 1.82) is 0 Å².